The largest absolute Gasteiger partial charge is 0.490 e. The smallest absolute Gasteiger partial charge is 0.434 e. The third kappa shape index (κ3) is 7.07. The van der Waals surface area contributed by atoms with Crippen molar-refractivity contribution in [3.63, 3.8) is 0 Å². The van der Waals surface area contributed by atoms with Crippen LogP contribution in [0.25, 0.3) is 0 Å². The van der Waals surface area contributed by atoms with Gasteiger partial charge in [-0.15, -0.1) is 0 Å². The summed E-state index contributed by atoms with van der Waals surface area (Å²) in [6, 6.07) is 5.66. The number of alkyl halides is 3. The first kappa shape index (κ1) is 37.4. The van der Waals surface area contributed by atoms with Crippen LogP contribution in [-0.2, 0) is 11.0 Å². The summed E-state index contributed by atoms with van der Waals surface area (Å²) in [6.07, 6.45) is 6.44. The molecule has 4 fully saturated rings. The Balaban J connectivity index is 1.05. The maximum absolute atomic E-state index is 14.8. The molecule has 5 aliphatic rings. The average Bonchev–Trinajstić information content (AvgIpc) is 3.81. The summed E-state index contributed by atoms with van der Waals surface area (Å²) in [5.74, 6) is -1.81. The summed E-state index contributed by atoms with van der Waals surface area (Å²) in [5, 5.41) is 13.2. The number of ether oxygens (including phenoxy) is 1. The molecule has 0 spiro atoms. The number of carboxylic acid groups (broad SMARTS) is 1. The van der Waals surface area contributed by atoms with Gasteiger partial charge in [0.2, 0.25) is 11.9 Å². The van der Waals surface area contributed by atoms with Crippen molar-refractivity contribution in [1.82, 2.24) is 25.3 Å². The summed E-state index contributed by atoms with van der Waals surface area (Å²) >= 11 is 0. The SMILES string of the molecule is CC1CC2CC(C)C(NC(=O)c3cnc(N4CC(C5CCCC5)c5cc(OC6CCN(c7ncc(F)cn7)CC6)ccc54)nc3C(F)(F)F)(C(=O)O)C(C1)C2. The number of hydrogen-bond acceptors (Lipinski definition) is 9. The zero-order chi connectivity index (χ0) is 38.6. The number of anilines is 3. The highest BCUT2D eigenvalue weighted by Crippen LogP contribution is 2.51. The van der Waals surface area contributed by atoms with Crippen molar-refractivity contribution >= 4 is 29.5 Å². The molecular weight excluding hydrogens is 718 g/mol. The van der Waals surface area contributed by atoms with E-state index in [4.69, 9.17) is 4.74 Å². The zero-order valence-corrected chi connectivity index (χ0v) is 31.1. The average molecular weight is 766 g/mol. The third-order valence-corrected chi connectivity index (χ3v) is 13.0. The number of carboxylic acids is 1. The van der Waals surface area contributed by atoms with Gasteiger partial charge < -0.3 is 25.0 Å². The Morgan fingerprint density at radius 2 is 1.65 bits per heavy atom. The van der Waals surface area contributed by atoms with Crippen LogP contribution in [0.1, 0.15) is 106 Å². The van der Waals surface area contributed by atoms with Gasteiger partial charge in [0.15, 0.2) is 11.5 Å². The minimum Gasteiger partial charge on any atom is -0.490 e. The van der Waals surface area contributed by atoms with Crippen molar-refractivity contribution in [1.29, 1.82) is 0 Å². The molecule has 4 heterocycles. The Morgan fingerprint density at radius 3 is 2.35 bits per heavy atom. The van der Waals surface area contributed by atoms with E-state index >= 15 is 0 Å². The van der Waals surface area contributed by atoms with Gasteiger partial charge in [0, 0.05) is 50.3 Å². The monoisotopic (exact) mass is 765 g/mol. The van der Waals surface area contributed by atoms with Crippen molar-refractivity contribution in [2.24, 2.45) is 29.6 Å². The fourth-order valence-corrected chi connectivity index (χ4v) is 10.5. The van der Waals surface area contributed by atoms with Crippen LogP contribution in [0.15, 0.2) is 36.8 Å². The molecule has 3 aliphatic carbocycles. The van der Waals surface area contributed by atoms with Crippen LogP contribution in [0.4, 0.5) is 35.1 Å². The number of rotatable bonds is 8. The van der Waals surface area contributed by atoms with Gasteiger partial charge >= 0.3 is 12.1 Å². The van der Waals surface area contributed by atoms with Gasteiger partial charge in [0.05, 0.1) is 18.0 Å². The second kappa shape index (κ2) is 14.5. The number of nitrogens with one attached hydrogen (secondary N) is 1. The van der Waals surface area contributed by atoms with E-state index < -0.39 is 52.5 Å². The number of halogens is 4. The Morgan fingerprint density at radius 1 is 0.945 bits per heavy atom. The molecular formula is C40H47F4N7O4. The minimum atomic E-state index is -5.01. The molecule has 1 aromatic carbocycles. The summed E-state index contributed by atoms with van der Waals surface area (Å²) in [6.45, 7) is 5.48. The lowest BCUT2D eigenvalue weighted by atomic mass is 9.56. The van der Waals surface area contributed by atoms with Crippen LogP contribution in [0, 0.1) is 35.4 Å². The molecule has 2 aliphatic heterocycles. The molecule has 2 N–H and O–H groups in total. The standard InChI is InChI=1S/C40H47F4N7O4/c1-22-13-24-15-23(2)39(36(53)54,26(14-22)16-24)49-35(52)31-20-47-38(48-34(31)40(42,43)44)51-21-32(25-5-3-4-6-25)30-17-29(7-8-33(30)51)55-28-9-11-50(12-10-28)37-45-18-27(41)19-46-37/h7-8,17-20,22-26,28,32H,3-6,9-16,21H2,1-2H3,(H,49,52)(H,53,54). The maximum Gasteiger partial charge on any atom is 0.434 e. The van der Waals surface area contributed by atoms with Gasteiger partial charge in [0.25, 0.3) is 5.91 Å². The number of carbonyl (C=O) groups is 2. The normalized spacial score (nSPS) is 28.6. The highest BCUT2D eigenvalue weighted by Gasteiger charge is 2.57. The number of aromatic nitrogens is 4. The van der Waals surface area contributed by atoms with E-state index in [1.54, 1.807) is 11.8 Å². The molecule has 6 unspecified atom stereocenters. The highest BCUT2D eigenvalue weighted by atomic mass is 19.4. The predicted octanol–water partition coefficient (Wildman–Crippen LogP) is 7.54. The molecule has 294 valence electrons. The maximum atomic E-state index is 14.8. The number of piperidine rings is 1. The molecule has 3 aromatic rings. The van der Waals surface area contributed by atoms with E-state index in [1.807, 2.05) is 23.1 Å². The quantitative estimate of drug-likeness (QED) is 0.222. The first-order chi connectivity index (χ1) is 26.3. The minimum absolute atomic E-state index is 0.0179. The van der Waals surface area contributed by atoms with Crippen molar-refractivity contribution in [3.8, 4) is 5.75 Å². The Hall–Kier alpha value is -4.56. The first-order valence-corrected chi connectivity index (χ1v) is 19.6. The zero-order valence-electron chi connectivity index (χ0n) is 31.1. The molecule has 2 aromatic heterocycles. The fourth-order valence-electron chi connectivity index (χ4n) is 10.5. The second-order valence-electron chi connectivity index (χ2n) is 16.6. The first-order valence-electron chi connectivity index (χ1n) is 19.6. The molecule has 0 radical (unpaired) electrons. The van der Waals surface area contributed by atoms with Gasteiger partial charge in [-0.1, -0.05) is 26.7 Å². The number of nitrogens with zero attached hydrogens (tertiary/aromatic N) is 6. The molecule has 55 heavy (non-hydrogen) atoms. The van der Waals surface area contributed by atoms with Crippen molar-refractivity contribution in [3.05, 3.63) is 59.4 Å². The third-order valence-electron chi connectivity index (χ3n) is 13.0. The Kier molecular flexibility index (Phi) is 9.85. The second-order valence-corrected chi connectivity index (χ2v) is 16.6. The summed E-state index contributed by atoms with van der Waals surface area (Å²) < 4.78 is 64.2. The Bertz CT molecular complexity index is 1910. The molecule has 15 heteroatoms. The van der Waals surface area contributed by atoms with Gasteiger partial charge in [-0.05, 0) is 91.9 Å². The molecule has 6 atom stereocenters. The van der Waals surface area contributed by atoms with E-state index in [0.717, 1.165) is 56.3 Å². The van der Waals surface area contributed by atoms with E-state index in [9.17, 15) is 32.3 Å². The van der Waals surface area contributed by atoms with Gasteiger partial charge in [-0.25, -0.2) is 29.1 Å². The summed E-state index contributed by atoms with van der Waals surface area (Å²) in [7, 11) is 0. The topological polar surface area (TPSA) is 134 Å². The number of fused-ring (bicyclic) bond motifs is 3. The van der Waals surface area contributed by atoms with E-state index in [1.165, 1.54) is 0 Å². The van der Waals surface area contributed by atoms with Crippen LogP contribution in [0.3, 0.4) is 0 Å². The molecule has 1 amide bonds. The number of aliphatic carboxylic acids is 1. The highest BCUT2D eigenvalue weighted by molar-refractivity contribution is 5.99. The number of hydrogen-bond donors (Lipinski definition) is 2. The van der Waals surface area contributed by atoms with E-state index in [2.05, 4.69) is 32.2 Å². The van der Waals surface area contributed by atoms with Crippen molar-refractivity contribution < 1.29 is 37.0 Å². The van der Waals surface area contributed by atoms with Gasteiger partial charge in [-0.3, -0.25) is 4.79 Å². The van der Waals surface area contributed by atoms with Crippen molar-refractivity contribution in [2.45, 2.75) is 102 Å². The van der Waals surface area contributed by atoms with Gasteiger partial charge in [0.1, 0.15) is 17.4 Å². The van der Waals surface area contributed by atoms with Crippen molar-refractivity contribution in [2.75, 3.05) is 29.4 Å². The fraction of sp³-hybridized carbons (Fsp3) is 0.600. The Labute approximate surface area is 317 Å². The number of benzene rings is 1. The van der Waals surface area contributed by atoms with E-state index in [-0.39, 0.29) is 23.9 Å². The molecule has 3 saturated carbocycles. The summed E-state index contributed by atoms with van der Waals surface area (Å²) in [5.41, 5.74) is -2.21. The molecule has 2 bridgehead atoms. The summed E-state index contributed by atoms with van der Waals surface area (Å²) in [4.78, 5) is 47.0. The number of amides is 1. The lowest BCUT2D eigenvalue weighted by molar-refractivity contribution is -0.155. The lowest BCUT2D eigenvalue weighted by Gasteiger charge is -2.52. The van der Waals surface area contributed by atoms with Crippen LogP contribution >= 0.6 is 0 Å². The van der Waals surface area contributed by atoms with E-state index in [0.29, 0.717) is 81.0 Å². The molecule has 1 saturated heterocycles. The predicted molar refractivity (Wildman–Crippen MR) is 195 cm³/mol. The van der Waals surface area contributed by atoms with Crippen LogP contribution in [-0.4, -0.2) is 68.2 Å². The number of carbonyl (C=O) groups excluding carboxylic acids is 1. The van der Waals surface area contributed by atoms with Crippen LogP contribution in [0.5, 0.6) is 5.75 Å². The van der Waals surface area contributed by atoms with Crippen LogP contribution in [0.2, 0.25) is 0 Å². The molecule has 11 nitrogen and oxygen atoms in total. The lowest BCUT2D eigenvalue weighted by Crippen LogP contribution is -2.66. The van der Waals surface area contributed by atoms with Gasteiger partial charge in [-0.2, -0.15) is 13.2 Å². The molecule has 8 rings (SSSR count). The van der Waals surface area contributed by atoms with Crippen LogP contribution < -0.4 is 19.9 Å².